The molecular weight excluding hydrogens is 256 g/mol. The lowest BCUT2D eigenvalue weighted by Gasteiger charge is -2.42. The van der Waals surface area contributed by atoms with Crippen LogP contribution in [0.4, 0.5) is 0 Å². The van der Waals surface area contributed by atoms with Gasteiger partial charge in [0.25, 0.3) is 0 Å². The molecule has 4 N–H and O–H groups in total. The highest BCUT2D eigenvalue weighted by molar-refractivity contribution is 5.69. The van der Waals surface area contributed by atoms with Crippen LogP contribution >= 0.6 is 0 Å². The minimum Gasteiger partial charge on any atom is -0.466 e. The topological polar surface area (TPSA) is 116 Å². The van der Waals surface area contributed by atoms with E-state index in [1.54, 1.807) is 13.8 Å². The molecular formula is C12H22O7. The number of rotatable bonds is 5. The van der Waals surface area contributed by atoms with Crippen molar-refractivity contribution in [3.05, 3.63) is 0 Å². The number of hydrogen-bond donors (Lipinski definition) is 4. The van der Waals surface area contributed by atoms with Crippen LogP contribution in [0.5, 0.6) is 0 Å². The molecule has 7 nitrogen and oxygen atoms in total. The van der Waals surface area contributed by atoms with Crippen LogP contribution in [0, 0.1) is 5.92 Å². The second kappa shape index (κ2) is 6.62. The van der Waals surface area contributed by atoms with Crippen molar-refractivity contribution in [2.45, 2.75) is 50.8 Å². The van der Waals surface area contributed by atoms with Crippen molar-refractivity contribution in [2.75, 3.05) is 13.2 Å². The second-order valence-electron chi connectivity index (χ2n) is 4.98. The lowest BCUT2D eigenvalue weighted by molar-refractivity contribution is -0.326. The lowest BCUT2D eigenvalue weighted by atomic mass is 9.88. The van der Waals surface area contributed by atoms with E-state index in [0.717, 1.165) is 0 Å². The molecule has 7 heteroatoms. The third-order valence-corrected chi connectivity index (χ3v) is 3.15. The zero-order valence-corrected chi connectivity index (χ0v) is 11.2. The Morgan fingerprint density at radius 2 is 2.11 bits per heavy atom. The quantitative estimate of drug-likeness (QED) is 0.465. The monoisotopic (exact) mass is 278 g/mol. The Morgan fingerprint density at radius 3 is 2.68 bits per heavy atom. The summed E-state index contributed by atoms with van der Waals surface area (Å²) in [6.45, 7) is 3.39. The maximum atomic E-state index is 11.3. The van der Waals surface area contributed by atoms with E-state index in [2.05, 4.69) is 0 Å². The summed E-state index contributed by atoms with van der Waals surface area (Å²) in [6.07, 6.45) is -4.31. The van der Waals surface area contributed by atoms with Gasteiger partial charge in [-0.3, -0.25) is 4.79 Å². The first kappa shape index (κ1) is 16.3. The molecule has 0 saturated carbocycles. The molecule has 0 aliphatic carbocycles. The number of ether oxygens (including phenoxy) is 2. The molecule has 1 saturated heterocycles. The van der Waals surface area contributed by atoms with E-state index in [-0.39, 0.29) is 32.0 Å². The van der Waals surface area contributed by atoms with Gasteiger partial charge < -0.3 is 29.9 Å². The van der Waals surface area contributed by atoms with Crippen LogP contribution in [0.1, 0.15) is 26.7 Å². The van der Waals surface area contributed by atoms with E-state index in [1.807, 2.05) is 0 Å². The molecule has 1 aliphatic heterocycles. The molecule has 2 unspecified atom stereocenters. The zero-order chi connectivity index (χ0) is 14.6. The molecule has 0 aromatic rings. The highest BCUT2D eigenvalue weighted by atomic mass is 16.6. The molecule has 1 aliphatic rings. The number of aliphatic hydroxyl groups excluding tert-OH is 3. The minimum atomic E-state index is -1.97. The molecule has 1 rings (SSSR count). The standard InChI is InChI=1S/C12H22O7/c1-3-18-9(14)4-7(2)5-12(17)11(16)10(15)8(13)6-19-12/h7-8,10-11,13,15-17H,3-6H2,1-2H3/t7?,8-,10+,11-,12?/m1/s1. The van der Waals surface area contributed by atoms with Crippen LogP contribution in [0.25, 0.3) is 0 Å². The highest BCUT2D eigenvalue weighted by Gasteiger charge is 2.48. The summed E-state index contributed by atoms with van der Waals surface area (Å²) < 4.78 is 9.80. The molecule has 112 valence electrons. The van der Waals surface area contributed by atoms with Crippen molar-refractivity contribution in [3.63, 3.8) is 0 Å². The average Bonchev–Trinajstić information content (AvgIpc) is 2.32. The van der Waals surface area contributed by atoms with E-state index < -0.39 is 30.1 Å². The van der Waals surface area contributed by atoms with Gasteiger partial charge in [-0.25, -0.2) is 0 Å². The molecule has 0 aromatic heterocycles. The van der Waals surface area contributed by atoms with Crippen LogP contribution in [-0.2, 0) is 14.3 Å². The van der Waals surface area contributed by atoms with E-state index in [0.29, 0.717) is 0 Å². The first-order valence-corrected chi connectivity index (χ1v) is 6.36. The average molecular weight is 278 g/mol. The fraction of sp³-hybridized carbons (Fsp3) is 0.917. The number of esters is 1. The maximum Gasteiger partial charge on any atom is 0.306 e. The summed E-state index contributed by atoms with van der Waals surface area (Å²) in [7, 11) is 0. The van der Waals surface area contributed by atoms with E-state index in [1.165, 1.54) is 0 Å². The van der Waals surface area contributed by atoms with Gasteiger partial charge in [0.05, 0.1) is 13.2 Å². The molecule has 0 aromatic carbocycles. The first-order chi connectivity index (χ1) is 8.80. The molecule has 0 spiro atoms. The van der Waals surface area contributed by atoms with Crippen molar-refractivity contribution in [3.8, 4) is 0 Å². The van der Waals surface area contributed by atoms with Gasteiger partial charge in [0.1, 0.15) is 18.3 Å². The van der Waals surface area contributed by atoms with Crippen molar-refractivity contribution in [2.24, 2.45) is 5.92 Å². The third-order valence-electron chi connectivity index (χ3n) is 3.15. The number of carbonyl (C=O) groups excluding carboxylic acids is 1. The molecule has 19 heavy (non-hydrogen) atoms. The van der Waals surface area contributed by atoms with Gasteiger partial charge in [0, 0.05) is 12.8 Å². The molecule has 5 atom stereocenters. The Balaban J connectivity index is 2.56. The summed E-state index contributed by atoms with van der Waals surface area (Å²) in [4.78, 5) is 11.3. The smallest absolute Gasteiger partial charge is 0.306 e. The van der Waals surface area contributed by atoms with Crippen LogP contribution in [0.2, 0.25) is 0 Å². The van der Waals surface area contributed by atoms with Crippen LogP contribution in [-0.4, -0.2) is 63.7 Å². The number of hydrogen-bond acceptors (Lipinski definition) is 7. The van der Waals surface area contributed by atoms with Crippen molar-refractivity contribution >= 4 is 5.97 Å². The largest absolute Gasteiger partial charge is 0.466 e. The second-order valence-corrected chi connectivity index (χ2v) is 4.98. The Hall–Kier alpha value is -0.730. The van der Waals surface area contributed by atoms with Gasteiger partial charge in [0.15, 0.2) is 5.79 Å². The summed E-state index contributed by atoms with van der Waals surface area (Å²) in [5.41, 5.74) is 0. The van der Waals surface area contributed by atoms with Gasteiger partial charge in [-0.05, 0) is 12.8 Å². The first-order valence-electron chi connectivity index (χ1n) is 6.36. The molecule has 0 bridgehead atoms. The van der Waals surface area contributed by atoms with Crippen molar-refractivity contribution in [1.29, 1.82) is 0 Å². The lowest BCUT2D eigenvalue weighted by Crippen LogP contribution is -2.61. The van der Waals surface area contributed by atoms with Gasteiger partial charge in [0.2, 0.25) is 0 Å². The third kappa shape index (κ3) is 4.12. The molecule has 0 radical (unpaired) electrons. The summed E-state index contributed by atoms with van der Waals surface area (Å²) in [5, 5.41) is 38.7. The van der Waals surface area contributed by atoms with Gasteiger partial charge in [-0.1, -0.05) is 6.92 Å². The fourth-order valence-corrected chi connectivity index (χ4v) is 2.15. The Labute approximate surface area is 111 Å². The van der Waals surface area contributed by atoms with E-state index >= 15 is 0 Å². The van der Waals surface area contributed by atoms with Gasteiger partial charge in [-0.15, -0.1) is 0 Å². The van der Waals surface area contributed by atoms with Crippen LogP contribution in [0.3, 0.4) is 0 Å². The molecule has 1 fully saturated rings. The number of aliphatic hydroxyl groups is 4. The van der Waals surface area contributed by atoms with Gasteiger partial charge in [-0.2, -0.15) is 0 Å². The van der Waals surface area contributed by atoms with Crippen LogP contribution < -0.4 is 0 Å². The number of carbonyl (C=O) groups is 1. The molecule has 1 heterocycles. The van der Waals surface area contributed by atoms with Crippen molar-refractivity contribution in [1.82, 2.24) is 0 Å². The minimum absolute atomic E-state index is 0.0449. The summed E-state index contributed by atoms with van der Waals surface area (Å²) in [6, 6.07) is 0. The van der Waals surface area contributed by atoms with Crippen LogP contribution in [0.15, 0.2) is 0 Å². The normalized spacial score (nSPS) is 36.8. The maximum absolute atomic E-state index is 11.3. The Kier molecular flexibility index (Phi) is 5.69. The van der Waals surface area contributed by atoms with Crippen molar-refractivity contribution < 1.29 is 34.7 Å². The summed E-state index contributed by atoms with van der Waals surface area (Å²) >= 11 is 0. The van der Waals surface area contributed by atoms with Gasteiger partial charge >= 0.3 is 5.97 Å². The fourth-order valence-electron chi connectivity index (χ4n) is 2.15. The predicted octanol–water partition coefficient (Wildman–Crippen LogP) is -1.23. The zero-order valence-electron chi connectivity index (χ0n) is 11.2. The Bertz CT molecular complexity index is 308. The Morgan fingerprint density at radius 1 is 1.47 bits per heavy atom. The predicted molar refractivity (Wildman–Crippen MR) is 64.0 cm³/mol. The van der Waals surface area contributed by atoms with E-state index in [4.69, 9.17) is 9.47 Å². The highest BCUT2D eigenvalue weighted by Crippen LogP contribution is 2.30. The molecule has 0 amide bonds. The SMILES string of the molecule is CCOC(=O)CC(C)CC1(O)OC[C@@H](O)[C@H](O)[C@H]1O. The summed E-state index contributed by atoms with van der Waals surface area (Å²) in [5.74, 6) is -2.67. The van der Waals surface area contributed by atoms with E-state index in [9.17, 15) is 25.2 Å².